The Labute approximate surface area is 131 Å². The van der Waals surface area contributed by atoms with Crippen LogP contribution < -0.4 is 10.6 Å². The molecule has 0 radical (unpaired) electrons. The normalized spacial score (nSPS) is 10.2. The number of benzene rings is 1. The summed E-state index contributed by atoms with van der Waals surface area (Å²) in [6.45, 7) is 0. The van der Waals surface area contributed by atoms with Crippen molar-refractivity contribution in [3.63, 3.8) is 0 Å². The van der Waals surface area contributed by atoms with Gasteiger partial charge in [0.2, 0.25) is 0 Å². The maximum absolute atomic E-state index is 12.0. The summed E-state index contributed by atoms with van der Waals surface area (Å²) in [7, 11) is 1.77. The van der Waals surface area contributed by atoms with E-state index in [1.54, 1.807) is 25.4 Å². The van der Waals surface area contributed by atoms with Crippen LogP contribution in [0.2, 0.25) is 15.1 Å². The fourth-order valence-corrected chi connectivity index (χ4v) is 2.07. The van der Waals surface area contributed by atoms with Gasteiger partial charge in [-0.3, -0.25) is 4.79 Å². The molecule has 0 spiro atoms. The lowest BCUT2D eigenvalue weighted by atomic mass is 10.2. The second-order valence-corrected chi connectivity index (χ2v) is 5.10. The van der Waals surface area contributed by atoms with E-state index in [1.807, 2.05) is 0 Å². The molecule has 20 heavy (non-hydrogen) atoms. The van der Waals surface area contributed by atoms with Gasteiger partial charge in [-0.2, -0.15) is 0 Å². The second-order valence-electron chi connectivity index (χ2n) is 3.88. The predicted octanol–water partition coefficient (Wildman–Crippen LogP) is 4.34. The Bertz CT molecular complexity index is 644. The number of nitrogens with zero attached hydrogens (tertiary/aromatic N) is 1. The van der Waals surface area contributed by atoms with Crippen LogP contribution in [-0.4, -0.2) is 17.9 Å². The van der Waals surface area contributed by atoms with E-state index in [1.165, 1.54) is 12.1 Å². The first-order chi connectivity index (χ1) is 9.51. The zero-order chi connectivity index (χ0) is 14.7. The van der Waals surface area contributed by atoms with E-state index in [0.29, 0.717) is 20.8 Å². The average molecular weight is 331 g/mol. The van der Waals surface area contributed by atoms with Crippen molar-refractivity contribution >= 4 is 52.1 Å². The van der Waals surface area contributed by atoms with Gasteiger partial charge in [-0.1, -0.05) is 34.8 Å². The molecule has 0 unspecified atom stereocenters. The molecule has 7 heteroatoms. The van der Waals surface area contributed by atoms with E-state index in [9.17, 15) is 4.79 Å². The molecule has 0 fully saturated rings. The molecule has 1 amide bonds. The van der Waals surface area contributed by atoms with E-state index in [2.05, 4.69) is 15.6 Å². The summed E-state index contributed by atoms with van der Waals surface area (Å²) >= 11 is 17.7. The minimum Gasteiger partial charge on any atom is -0.387 e. The molecule has 0 aliphatic carbocycles. The van der Waals surface area contributed by atoms with Crippen LogP contribution in [0, 0.1) is 0 Å². The van der Waals surface area contributed by atoms with Crippen molar-refractivity contribution in [1.82, 2.24) is 4.98 Å². The molecule has 0 aliphatic heterocycles. The number of nitrogens with one attached hydrogen (secondary N) is 2. The van der Waals surface area contributed by atoms with Gasteiger partial charge in [-0.25, -0.2) is 4.98 Å². The Morgan fingerprint density at radius 1 is 1.10 bits per heavy atom. The third-order valence-corrected chi connectivity index (χ3v) is 3.58. The lowest BCUT2D eigenvalue weighted by molar-refractivity contribution is 0.102. The number of hydrogen-bond donors (Lipinski definition) is 2. The molecule has 0 bridgehead atoms. The van der Waals surface area contributed by atoms with E-state index in [4.69, 9.17) is 34.8 Å². The number of halogens is 3. The molecule has 104 valence electrons. The van der Waals surface area contributed by atoms with Gasteiger partial charge in [-0.15, -0.1) is 0 Å². The summed E-state index contributed by atoms with van der Waals surface area (Å²) in [5.74, 6) is -0.382. The van der Waals surface area contributed by atoms with Crippen LogP contribution in [0.4, 0.5) is 11.4 Å². The van der Waals surface area contributed by atoms with Gasteiger partial charge in [0.1, 0.15) is 5.69 Å². The first-order valence-electron chi connectivity index (χ1n) is 5.61. The zero-order valence-electron chi connectivity index (χ0n) is 10.4. The summed E-state index contributed by atoms with van der Waals surface area (Å²) in [6.07, 6.45) is 1.56. The van der Waals surface area contributed by atoms with Crippen molar-refractivity contribution in [1.29, 1.82) is 0 Å². The number of carbonyl (C=O) groups excluding carboxylic acids is 1. The molecular formula is C13H10Cl3N3O. The molecule has 1 aromatic heterocycles. The van der Waals surface area contributed by atoms with Crippen LogP contribution in [0.5, 0.6) is 0 Å². The highest BCUT2D eigenvalue weighted by Crippen LogP contribution is 2.32. The van der Waals surface area contributed by atoms with Crippen molar-refractivity contribution in [2.75, 3.05) is 17.7 Å². The number of carbonyl (C=O) groups is 1. The monoisotopic (exact) mass is 329 g/mol. The quantitative estimate of drug-likeness (QED) is 0.823. The van der Waals surface area contributed by atoms with E-state index in [-0.39, 0.29) is 11.6 Å². The minimum atomic E-state index is -0.382. The van der Waals surface area contributed by atoms with E-state index in [0.717, 1.165) is 5.69 Å². The summed E-state index contributed by atoms with van der Waals surface area (Å²) in [6, 6.07) is 6.32. The van der Waals surface area contributed by atoms with Gasteiger partial charge in [0.05, 0.1) is 32.6 Å². The summed E-state index contributed by atoms with van der Waals surface area (Å²) < 4.78 is 0. The van der Waals surface area contributed by atoms with Crippen LogP contribution in [-0.2, 0) is 0 Å². The Balaban J connectivity index is 2.20. The Kier molecular flexibility index (Phi) is 4.70. The molecule has 0 atom stereocenters. The van der Waals surface area contributed by atoms with Gasteiger partial charge in [0, 0.05) is 7.05 Å². The fraction of sp³-hybridized carbons (Fsp3) is 0.0769. The van der Waals surface area contributed by atoms with Crippen LogP contribution >= 0.6 is 34.8 Å². The number of aromatic nitrogens is 1. The number of amides is 1. The maximum atomic E-state index is 12.0. The van der Waals surface area contributed by atoms with Crippen molar-refractivity contribution in [2.24, 2.45) is 0 Å². The SMILES string of the molecule is CNc1ccc(C(=O)Nc2cc(Cl)c(Cl)cc2Cl)nc1. The van der Waals surface area contributed by atoms with Gasteiger partial charge < -0.3 is 10.6 Å². The smallest absolute Gasteiger partial charge is 0.274 e. The van der Waals surface area contributed by atoms with Gasteiger partial charge in [0.25, 0.3) is 5.91 Å². The highest BCUT2D eigenvalue weighted by molar-refractivity contribution is 6.44. The Morgan fingerprint density at radius 2 is 1.80 bits per heavy atom. The lowest BCUT2D eigenvalue weighted by Crippen LogP contribution is -2.14. The third kappa shape index (κ3) is 3.33. The molecule has 4 nitrogen and oxygen atoms in total. The second kappa shape index (κ2) is 6.31. The number of pyridine rings is 1. The molecule has 1 heterocycles. The molecule has 1 aromatic carbocycles. The van der Waals surface area contributed by atoms with Gasteiger partial charge in [0.15, 0.2) is 0 Å². The minimum absolute atomic E-state index is 0.270. The molecule has 2 aromatic rings. The summed E-state index contributed by atoms with van der Waals surface area (Å²) in [5, 5.41) is 6.49. The van der Waals surface area contributed by atoms with Crippen molar-refractivity contribution in [3.8, 4) is 0 Å². The van der Waals surface area contributed by atoms with Crippen LogP contribution in [0.15, 0.2) is 30.5 Å². The van der Waals surface area contributed by atoms with Crippen molar-refractivity contribution in [3.05, 3.63) is 51.2 Å². The molecule has 2 rings (SSSR count). The number of hydrogen-bond acceptors (Lipinski definition) is 3. The van der Waals surface area contributed by atoms with E-state index < -0.39 is 0 Å². The fourth-order valence-electron chi connectivity index (χ4n) is 1.48. The molecule has 2 N–H and O–H groups in total. The number of rotatable bonds is 3. The van der Waals surface area contributed by atoms with Crippen molar-refractivity contribution in [2.45, 2.75) is 0 Å². The Morgan fingerprint density at radius 3 is 2.40 bits per heavy atom. The van der Waals surface area contributed by atoms with Crippen LogP contribution in [0.25, 0.3) is 0 Å². The van der Waals surface area contributed by atoms with Gasteiger partial charge in [-0.05, 0) is 24.3 Å². The first-order valence-corrected chi connectivity index (χ1v) is 6.74. The molecule has 0 saturated carbocycles. The van der Waals surface area contributed by atoms with Crippen LogP contribution in [0.1, 0.15) is 10.5 Å². The summed E-state index contributed by atoms with van der Waals surface area (Å²) in [5.41, 5.74) is 1.46. The first kappa shape index (κ1) is 14.9. The van der Waals surface area contributed by atoms with E-state index >= 15 is 0 Å². The molecule has 0 saturated heterocycles. The predicted molar refractivity (Wildman–Crippen MR) is 83.2 cm³/mol. The molecule has 0 aliphatic rings. The zero-order valence-corrected chi connectivity index (χ0v) is 12.6. The van der Waals surface area contributed by atoms with Crippen molar-refractivity contribution < 1.29 is 4.79 Å². The number of anilines is 2. The maximum Gasteiger partial charge on any atom is 0.274 e. The molecular weight excluding hydrogens is 321 g/mol. The standard InChI is InChI=1S/C13H10Cl3N3O/c1-17-7-2-3-11(18-6-7)13(20)19-12-5-9(15)8(14)4-10(12)16/h2-6,17H,1H3,(H,19,20). The highest BCUT2D eigenvalue weighted by atomic mass is 35.5. The third-order valence-electron chi connectivity index (χ3n) is 2.54. The lowest BCUT2D eigenvalue weighted by Gasteiger charge is -2.08. The van der Waals surface area contributed by atoms with Crippen LogP contribution in [0.3, 0.4) is 0 Å². The topological polar surface area (TPSA) is 54.0 Å². The average Bonchev–Trinajstić information content (AvgIpc) is 2.44. The Hall–Kier alpha value is -1.49. The van der Waals surface area contributed by atoms with Gasteiger partial charge >= 0.3 is 0 Å². The largest absolute Gasteiger partial charge is 0.387 e. The highest BCUT2D eigenvalue weighted by Gasteiger charge is 2.12. The summed E-state index contributed by atoms with van der Waals surface area (Å²) in [4.78, 5) is 16.1.